The van der Waals surface area contributed by atoms with Crippen molar-refractivity contribution in [2.24, 2.45) is 0 Å². The van der Waals surface area contributed by atoms with E-state index in [0.717, 1.165) is 35.3 Å². The van der Waals surface area contributed by atoms with Crippen LogP contribution in [0.3, 0.4) is 0 Å². The summed E-state index contributed by atoms with van der Waals surface area (Å²) < 4.78 is 32.0. The number of nitrogens with zero attached hydrogens (tertiary/aromatic N) is 4. The lowest BCUT2D eigenvalue weighted by Crippen LogP contribution is -2.16. The third-order valence-corrected chi connectivity index (χ3v) is 5.69. The van der Waals surface area contributed by atoms with Gasteiger partial charge in [-0.3, -0.25) is 4.79 Å². The summed E-state index contributed by atoms with van der Waals surface area (Å²) >= 11 is 4.79. The first-order valence-electron chi connectivity index (χ1n) is 10.6. The minimum Gasteiger partial charge on any atom is -0.420 e. The number of carbonyl (C=O) groups excluding carboxylic acids is 1. The Kier molecular flexibility index (Phi) is 5.81. The quantitative estimate of drug-likeness (QED) is 0.366. The zero-order valence-corrected chi connectivity index (χ0v) is 19.0. The number of allylic oxidation sites excluding steroid dienone is 1. The van der Waals surface area contributed by atoms with E-state index in [0.29, 0.717) is 16.8 Å². The molecule has 35 heavy (non-hydrogen) atoms. The molecule has 11 heteroatoms. The van der Waals surface area contributed by atoms with Gasteiger partial charge >= 0.3 is 5.57 Å². The fourth-order valence-corrected chi connectivity index (χ4v) is 4.16. The van der Waals surface area contributed by atoms with Crippen LogP contribution < -0.4 is 15.4 Å². The number of halogens is 3. The highest BCUT2D eigenvalue weighted by Gasteiger charge is 2.27. The summed E-state index contributed by atoms with van der Waals surface area (Å²) in [5.74, 6) is -0.530. The van der Waals surface area contributed by atoms with Crippen molar-refractivity contribution in [3.05, 3.63) is 79.3 Å². The van der Waals surface area contributed by atoms with Crippen molar-refractivity contribution >= 4 is 34.2 Å². The third kappa shape index (κ3) is 4.92. The summed E-state index contributed by atoms with van der Waals surface area (Å²) in [6, 6.07) is 9.05. The number of carbonyl (C=O) groups is 1. The van der Waals surface area contributed by atoms with Crippen LogP contribution in [0, 0.1) is 0 Å². The molecule has 1 atom stereocenters. The number of nitrogens with one attached hydrogen (secondary N) is 2. The predicted molar refractivity (Wildman–Crippen MR) is 127 cm³/mol. The first-order valence-corrected chi connectivity index (χ1v) is 11.0. The van der Waals surface area contributed by atoms with E-state index in [1.165, 1.54) is 30.6 Å². The number of benzene rings is 2. The van der Waals surface area contributed by atoms with E-state index in [2.05, 4.69) is 41.5 Å². The Labute approximate surface area is 203 Å². The fourth-order valence-electron chi connectivity index (χ4n) is 4.07. The molecule has 0 spiro atoms. The summed E-state index contributed by atoms with van der Waals surface area (Å²) in [7, 11) is 0. The number of alkyl halides is 3. The highest BCUT2D eigenvalue weighted by Crippen LogP contribution is 2.34. The molecule has 2 aromatic carbocycles. The summed E-state index contributed by atoms with van der Waals surface area (Å²) in [5, 5.41) is 6.02. The number of amides is 1. The highest BCUT2D eigenvalue weighted by molar-refractivity contribution is 6.20. The van der Waals surface area contributed by atoms with Crippen molar-refractivity contribution in [1.29, 1.82) is 0 Å². The maximum atomic E-state index is 13.1. The average Bonchev–Trinajstić information content (AvgIpc) is 3.45. The van der Waals surface area contributed by atoms with Gasteiger partial charge in [0.1, 0.15) is 12.1 Å². The Morgan fingerprint density at radius 1 is 1.23 bits per heavy atom. The molecule has 1 saturated heterocycles. The number of ether oxygens (including phenoxy) is 1. The molecule has 0 unspecified atom stereocenters. The van der Waals surface area contributed by atoms with E-state index < -0.39 is 11.5 Å². The normalized spacial score (nSPS) is 15.7. The third-order valence-electron chi connectivity index (χ3n) is 5.61. The SMILES string of the molecule is C=C1C[C@@H](n2cnc3cc(C(=O)Nc4ccc(OC(F)(F)Cl)cc4)cc(-c4cncnc4)c32)CN1. The van der Waals surface area contributed by atoms with E-state index >= 15 is 0 Å². The van der Waals surface area contributed by atoms with Crippen LogP contribution in [0.15, 0.2) is 73.7 Å². The molecule has 1 amide bonds. The van der Waals surface area contributed by atoms with Crippen LogP contribution in [0.4, 0.5) is 14.5 Å². The molecule has 2 aromatic heterocycles. The molecule has 0 radical (unpaired) electrons. The van der Waals surface area contributed by atoms with Crippen molar-refractivity contribution in [2.75, 3.05) is 11.9 Å². The Balaban J connectivity index is 1.49. The summed E-state index contributed by atoms with van der Waals surface area (Å²) in [5.41, 5.74) is 0.906. The van der Waals surface area contributed by atoms with Gasteiger partial charge in [0.25, 0.3) is 5.91 Å². The molecule has 0 bridgehead atoms. The topological polar surface area (TPSA) is 94.0 Å². The molecular weight excluding hydrogens is 478 g/mol. The predicted octanol–water partition coefficient (Wildman–Crippen LogP) is 4.96. The lowest BCUT2D eigenvalue weighted by Gasteiger charge is -2.15. The molecule has 1 aliphatic heterocycles. The van der Waals surface area contributed by atoms with Crippen molar-refractivity contribution in [3.8, 4) is 16.9 Å². The second kappa shape index (κ2) is 8.95. The molecule has 2 N–H and O–H groups in total. The molecule has 0 saturated carbocycles. The Bertz CT molecular complexity index is 1400. The lowest BCUT2D eigenvalue weighted by atomic mass is 10.0. The molecule has 3 heterocycles. The summed E-state index contributed by atoms with van der Waals surface area (Å²) in [4.78, 5) is 25.9. The van der Waals surface area contributed by atoms with Gasteiger partial charge in [0.15, 0.2) is 0 Å². The molecule has 1 aliphatic rings. The van der Waals surface area contributed by atoms with Crippen molar-refractivity contribution in [3.63, 3.8) is 0 Å². The van der Waals surface area contributed by atoms with E-state index in [1.807, 2.05) is 0 Å². The molecule has 0 aliphatic carbocycles. The number of fused-ring (bicyclic) bond motifs is 1. The van der Waals surface area contributed by atoms with E-state index in [9.17, 15) is 13.6 Å². The second-order valence-electron chi connectivity index (χ2n) is 8.04. The standard InChI is InChI=1S/C24H19ClF2N6O2/c1-14-6-18(11-30-14)33-13-31-21-8-15(7-20(22(21)33)16-9-28-12-29-10-16)23(34)32-17-2-4-19(5-3-17)35-24(25,26)27/h2-5,7-10,12-13,18,30H,1,6,11H2,(H,32,34)/t18-/m1/s1. The van der Waals surface area contributed by atoms with Crippen LogP contribution in [0.2, 0.25) is 0 Å². The lowest BCUT2D eigenvalue weighted by molar-refractivity contribution is -0.0964. The van der Waals surface area contributed by atoms with Gasteiger partial charge in [-0.05, 0) is 36.4 Å². The molecular formula is C24H19ClF2N6O2. The smallest absolute Gasteiger partial charge is 0.420 e. The van der Waals surface area contributed by atoms with Gasteiger partial charge in [0.2, 0.25) is 0 Å². The van der Waals surface area contributed by atoms with E-state index in [-0.39, 0.29) is 11.8 Å². The van der Waals surface area contributed by atoms with Gasteiger partial charge in [-0.25, -0.2) is 15.0 Å². The van der Waals surface area contributed by atoms with Gasteiger partial charge in [0.05, 0.1) is 23.4 Å². The molecule has 5 rings (SSSR count). The first kappa shape index (κ1) is 22.7. The minimum atomic E-state index is -3.82. The van der Waals surface area contributed by atoms with Gasteiger partial charge in [-0.1, -0.05) is 6.58 Å². The van der Waals surface area contributed by atoms with Crippen molar-refractivity contribution in [1.82, 2.24) is 24.8 Å². The molecule has 4 aromatic rings. The number of aromatic nitrogens is 4. The highest BCUT2D eigenvalue weighted by atomic mass is 35.5. The van der Waals surface area contributed by atoms with Gasteiger partial charge in [-0.15, -0.1) is 8.78 Å². The first-order chi connectivity index (χ1) is 16.8. The number of hydrogen-bond donors (Lipinski definition) is 2. The van der Waals surface area contributed by atoms with Crippen LogP contribution in [-0.4, -0.2) is 37.5 Å². The maximum absolute atomic E-state index is 13.1. The number of rotatable bonds is 6. The second-order valence-corrected chi connectivity index (χ2v) is 8.48. The zero-order valence-electron chi connectivity index (χ0n) is 18.2. The monoisotopic (exact) mass is 496 g/mol. The van der Waals surface area contributed by atoms with E-state index in [4.69, 9.17) is 11.6 Å². The molecule has 178 valence electrons. The zero-order chi connectivity index (χ0) is 24.6. The molecule has 8 nitrogen and oxygen atoms in total. The Morgan fingerprint density at radius 3 is 2.63 bits per heavy atom. The van der Waals surface area contributed by atoms with Gasteiger partial charge in [-0.2, -0.15) is 0 Å². The van der Waals surface area contributed by atoms with Crippen molar-refractivity contribution < 1.29 is 18.3 Å². The Hall–Kier alpha value is -4.05. The van der Waals surface area contributed by atoms with Crippen molar-refractivity contribution in [2.45, 2.75) is 18.0 Å². The fraction of sp³-hybridized carbons (Fsp3) is 0.167. The van der Waals surface area contributed by atoms with Crippen LogP contribution in [0.25, 0.3) is 22.2 Å². The minimum absolute atomic E-state index is 0.134. The Morgan fingerprint density at radius 2 is 1.97 bits per heavy atom. The number of hydrogen-bond acceptors (Lipinski definition) is 6. The maximum Gasteiger partial charge on any atom is 0.487 e. The van der Waals surface area contributed by atoms with E-state index in [1.54, 1.807) is 30.9 Å². The van der Waals surface area contributed by atoms with Gasteiger partial charge in [0, 0.05) is 65.0 Å². The largest absolute Gasteiger partial charge is 0.487 e. The molecule has 1 fully saturated rings. The van der Waals surface area contributed by atoms with Gasteiger partial charge < -0.3 is 19.9 Å². The van der Waals surface area contributed by atoms with Crippen LogP contribution >= 0.6 is 11.6 Å². The summed E-state index contributed by atoms with van der Waals surface area (Å²) in [6.07, 6.45) is 7.33. The summed E-state index contributed by atoms with van der Waals surface area (Å²) in [6.45, 7) is 4.73. The average molecular weight is 497 g/mol. The van der Waals surface area contributed by atoms with Crippen LogP contribution in [0.5, 0.6) is 5.75 Å². The number of anilines is 1. The van der Waals surface area contributed by atoms with Crippen LogP contribution in [-0.2, 0) is 0 Å². The van der Waals surface area contributed by atoms with Crippen LogP contribution in [0.1, 0.15) is 22.8 Å². The number of imidazole rings is 1.